The summed E-state index contributed by atoms with van der Waals surface area (Å²) in [6.45, 7) is 10.1. The Morgan fingerprint density at radius 1 is 1.23 bits per heavy atom. The molecule has 1 amide bonds. The molecule has 1 atom stereocenters. The first kappa shape index (κ1) is 23.3. The van der Waals surface area contributed by atoms with E-state index in [9.17, 15) is 4.79 Å². The largest absolute Gasteiger partial charge is 0.444 e. The van der Waals surface area contributed by atoms with Crippen molar-refractivity contribution in [3.63, 3.8) is 0 Å². The molecule has 1 unspecified atom stereocenters. The van der Waals surface area contributed by atoms with Crippen LogP contribution in [-0.4, -0.2) is 47.6 Å². The molecule has 0 aliphatic carbocycles. The van der Waals surface area contributed by atoms with Crippen LogP contribution >= 0.6 is 0 Å². The lowest BCUT2D eigenvalue weighted by Gasteiger charge is -2.19. The number of aliphatic imine (C=N–C) groups is 1. The molecular formula is C22H34N6O2. The molecule has 0 saturated heterocycles. The number of amides is 1. The van der Waals surface area contributed by atoms with Gasteiger partial charge in [-0.3, -0.25) is 15.0 Å². The number of carbonyl (C=O) groups is 1. The van der Waals surface area contributed by atoms with Crippen LogP contribution in [0, 0.1) is 5.92 Å². The van der Waals surface area contributed by atoms with Crippen molar-refractivity contribution in [2.75, 3.05) is 25.5 Å². The SMILES string of the molecule is CN=C(NCCc1ccc(NC(=O)OC(C)(C)C)cc1)NCC(C)Cn1cccn1. The van der Waals surface area contributed by atoms with Crippen molar-refractivity contribution in [3.05, 3.63) is 48.3 Å². The number of nitrogens with one attached hydrogen (secondary N) is 3. The molecular weight excluding hydrogens is 380 g/mol. The summed E-state index contributed by atoms with van der Waals surface area (Å²) in [6.07, 6.45) is 4.16. The van der Waals surface area contributed by atoms with E-state index >= 15 is 0 Å². The van der Waals surface area contributed by atoms with Crippen LogP contribution in [0.5, 0.6) is 0 Å². The fraction of sp³-hybridized carbons (Fsp3) is 0.500. The van der Waals surface area contributed by atoms with Gasteiger partial charge in [-0.05, 0) is 56.9 Å². The van der Waals surface area contributed by atoms with E-state index in [1.54, 1.807) is 13.2 Å². The minimum absolute atomic E-state index is 0.425. The Hall–Kier alpha value is -3.03. The third-order valence-corrected chi connectivity index (χ3v) is 4.20. The smallest absolute Gasteiger partial charge is 0.412 e. The Balaban J connectivity index is 1.69. The van der Waals surface area contributed by atoms with E-state index in [0.29, 0.717) is 11.6 Å². The quantitative estimate of drug-likeness (QED) is 0.455. The number of aromatic nitrogens is 2. The lowest BCUT2D eigenvalue weighted by Crippen LogP contribution is -2.40. The highest BCUT2D eigenvalue weighted by Gasteiger charge is 2.16. The van der Waals surface area contributed by atoms with Gasteiger partial charge in [-0.2, -0.15) is 5.10 Å². The van der Waals surface area contributed by atoms with Gasteiger partial charge < -0.3 is 15.4 Å². The molecule has 30 heavy (non-hydrogen) atoms. The summed E-state index contributed by atoms with van der Waals surface area (Å²) in [5, 5.41) is 13.7. The zero-order valence-electron chi connectivity index (χ0n) is 18.6. The van der Waals surface area contributed by atoms with Crippen LogP contribution in [0.2, 0.25) is 0 Å². The van der Waals surface area contributed by atoms with Crippen LogP contribution in [-0.2, 0) is 17.7 Å². The third kappa shape index (κ3) is 8.98. The fourth-order valence-corrected chi connectivity index (χ4v) is 2.79. The van der Waals surface area contributed by atoms with E-state index in [1.807, 2.05) is 62.0 Å². The number of hydrogen-bond donors (Lipinski definition) is 3. The third-order valence-electron chi connectivity index (χ3n) is 4.20. The number of rotatable bonds is 8. The summed E-state index contributed by atoms with van der Waals surface area (Å²) in [5.41, 5.74) is 1.36. The molecule has 1 aromatic carbocycles. The Kier molecular flexibility index (Phi) is 8.70. The van der Waals surface area contributed by atoms with E-state index in [2.05, 4.69) is 33.0 Å². The number of guanidine groups is 1. The molecule has 0 bridgehead atoms. The molecule has 1 aromatic heterocycles. The maximum Gasteiger partial charge on any atom is 0.412 e. The van der Waals surface area contributed by atoms with Crippen molar-refractivity contribution >= 4 is 17.7 Å². The Bertz CT molecular complexity index is 794. The van der Waals surface area contributed by atoms with Gasteiger partial charge in [0.1, 0.15) is 5.60 Å². The average Bonchev–Trinajstić information content (AvgIpc) is 3.17. The number of nitrogens with zero attached hydrogens (tertiary/aromatic N) is 3. The summed E-state index contributed by atoms with van der Waals surface area (Å²) in [6, 6.07) is 9.68. The Labute approximate surface area is 179 Å². The second-order valence-electron chi connectivity index (χ2n) is 8.29. The summed E-state index contributed by atoms with van der Waals surface area (Å²) in [5.74, 6) is 1.21. The standard InChI is InChI=1S/C22H34N6O2/c1-17(16-28-14-6-12-26-28)15-25-20(23-5)24-13-11-18-7-9-19(10-8-18)27-21(29)30-22(2,3)4/h6-10,12,14,17H,11,13,15-16H2,1-5H3,(H,27,29)(H2,23,24,25). The molecule has 8 nitrogen and oxygen atoms in total. The van der Waals surface area contributed by atoms with Crippen molar-refractivity contribution in [3.8, 4) is 0 Å². The van der Waals surface area contributed by atoms with Gasteiger partial charge in [0.25, 0.3) is 0 Å². The minimum atomic E-state index is -0.515. The van der Waals surface area contributed by atoms with Gasteiger partial charge in [-0.1, -0.05) is 19.1 Å². The number of anilines is 1. The maximum absolute atomic E-state index is 11.8. The minimum Gasteiger partial charge on any atom is -0.444 e. The van der Waals surface area contributed by atoms with Crippen molar-refractivity contribution in [1.29, 1.82) is 0 Å². The lowest BCUT2D eigenvalue weighted by molar-refractivity contribution is 0.0636. The van der Waals surface area contributed by atoms with E-state index in [1.165, 1.54) is 5.56 Å². The summed E-state index contributed by atoms with van der Waals surface area (Å²) in [4.78, 5) is 16.1. The van der Waals surface area contributed by atoms with Crippen molar-refractivity contribution in [2.24, 2.45) is 10.9 Å². The van der Waals surface area contributed by atoms with E-state index < -0.39 is 11.7 Å². The molecule has 1 heterocycles. The van der Waals surface area contributed by atoms with Gasteiger partial charge >= 0.3 is 6.09 Å². The number of ether oxygens (including phenoxy) is 1. The molecule has 0 spiro atoms. The van der Waals surface area contributed by atoms with E-state index in [-0.39, 0.29) is 0 Å². The molecule has 164 valence electrons. The predicted molar refractivity (Wildman–Crippen MR) is 121 cm³/mol. The van der Waals surface area contributed by atoms with Crippen molar-refractivity contribution in [2.45, 2.75) is 46.3 Å². The summed E-state index contributed by atoms with van der Waals surface area (Å²) < 4.78 is 7.19. The predicted octanol–water partition coefficient (Wildman–Crippen LogP) is 3.27. The molecule has 2 aromatic rings. The van der Waals surface area contributed by atoms with E-state index in [4.69, 9.17) is 4.74 Å². The van der Waals surface area contributed by atoms with Crippen molar-refractivity contribution in [1.82, 2.24) is 20.4 Å². The highest BCUT2D eigenvalue weighted by molar-refractivity contribution is 5.84. The highest BCUT2D eigenvalue weighted by atomic mass is 16.6. The second kappa shape index (κ2) is 11.2. The zero-order valence-corrected chi connectivity index (χ0v) is 18.6. The van der Waals surface area contributed by atoms with Crippen LogP contribution in [0.1, 0.15) is 33.3 Å². The van der Waals surface area contributed by atoms with Gasteiger partial charge in [0.2, 0.25) is 0 Å². The average molecular weight is 415 g/mol. The van der Waals surface area contributed by atoms with Gasteiger partial charge in [-0.15, -0.1) is 0 Å². The number of carbonyl (C=O) groups excluding carboxylic acids is 1. The fourth-order valence-electron chi connectivity index (χ4n) is 2.79. The van der Waals surface area contributed by atoms with Gasteiger partial charge in [0.15, 0.2) is 5.96 Å². The first-order chi connectivity index (χ1) is 14.2. The molecule has 0 fully saturated rings. The molecule has 3 N–H and O–H groups in total. The van der Waals surface area contributed by atoms with Crippen LogP contribution < -0.4 is 16.0 Å². The zero-order chi connectivity index (χ0) is 22.0. The topological polar surface area (TPSA) is 92.6 Å². The second-order valence-corrected chi connectivity index (χ2v) is 8.29. The van der Waals surface area contributed by atoms with Gasteiger partial charge in [0, 0.05) is 44.8 Å². The van der Waals surface area contributed by atoms with Crippen LogP contribution in [0.25, 0.3) is 0 Å². The molecule has 0 saturated carbocycles. The summed E-state index contributed by atoms with van der Waals surface area (Å²) >= 11 is 0. The molecule has 2 rings (SSSR count). The van der Waals surface area contributed by atoms with Gasteiger partial charge in [0.05, 0.1) is 0 Å². The molecule has 8 heteroatoms. The number of benzene rings is 1. The normalized spacial score (nSPS) is 12.9. The Morgan fingerprint density at radius 2 is 1.97 bits per heavy atom. The monoisotopic (exact) mass is 414 g/mol. The first-order valence-electron chi connectivity index (χ1n) is 10.3. The summed E-state index contributed by atoms with van der Waals surface area (Å²) in [7, 11) is 1.77. The molecule has 0 aliphatic rings. The number of hydrogen-bond acceptors (Lipinski definition) is 4. The molecule has 0 radical (unpaired) electrons. The Morgan fingerprint density at radius 3 is 2.57 bits per heavy atom. The van der Waals surface area contributed by atoms with Crippen LogP contribution in [0.4, 0.5) is 10.5 Å². The van der Waals surface area contributed by atoms with Gasteiger partial charge in [-0.25, -0.2) is 4.79 Å². The van der Waals surface area contributed by atoms with Crippen molar-refractivity contribution < 1.29 is 9.53 Å². The maximum atomic E-state index is 11.8. The molecule has 0 aliphatic heterocycles. The lowest BCUT2D eigenvalue weighted by atomic mass is 10.1. The highest BCUT2D eigenvalue weighted by Crippen LogP contribution is 2.13. The van der Waals surface area contributed by atoms with E-state index in [0.717, 1.165) is 32.0 Å². The van der Waals surface area contributed by atoms with Crippen LogP contribution in [0.15, 0.2) is 47.7 Å². The first-order valence-corrected chi connectivity index (χ1v) is 10.3. The van der Waals surface area contributed by atoms with Crippen LogP contribution in [0.3, 0.4) is 0 Å².